The highest BCUT2D eigenvalue weighted by Crippen LogP contribution is 2.29. The van der Waals surface area contributed by atoms with Gasteiger partial charge in [0.1, 0.15) is 5.82 Å². The van der Waals surface area contributed by atoms with Crippen molar-refractivity contribution >= 4 is 28.9 Å². The standard InChI is InChI=1S/C18H18N6OS/c1-10-3-6-16(26-10)14-5-4-13(19)17(22-14)23-18(25)24-8-12-7-20-11(2)21-15(12)9-24/h3-7H,8-9,19H2,1-2H3,(H,22,23,25). The molecule has 8 heteroatoms. The maximum absolute atomic E-state index is 12.6. The predicted molar refractivity (Wildman–Crippen MR) is 102 cm³/mol. The summed E-state index contributed by atoms with van der Waals surface area (Å²) in [6.45, 7) is 4.81. The first-order valence-corrected chi connectivity index (χ1v) is 9.02. The molecule has 0 radical (unpaired) electrons. The fraction of sp³-hybridized carbons (Fsp3) is 0.222. The molecule has 0 atom stereocenters. The first-order valence-electron chi connectivity index (χ1n) is 8.20. The summed E-state index contributed by atoms with van der Waals surface area (Å²) >= 11 is 1.65. The molecule has 1 aliphatic heterocycles. The molecule has 26 heavy (non-hydrogen) atoms. The monoisotopic (exact) mass is 366 g/mol. The smallest absolute Gasteiger partial charge is 0.323 e. The number of nitrogens with two attached hydrogens (primary N) is 1. The van der Waals surface area contributed by atoms with Crippen LogP contribution in [0, 0.1) is 13.8 Å². The van der Waals surface area contributed by atoms with Gasteiger partial charge in [0, 0.05) is 16.6 Å². The van der Waals surface area contributed by atoms with E-state index in [1.165, 1.54) is 4.88 Å². The normalized spacial score (nSPS) is 12.9. The summed E-state index contributed by atoms with van der Waals surface area (Å²) in [5, 5.41) is 2.83. The van der Waals surface area contributed by atoms with Crippen LogP contribution in [0.1, 0.15) is 22.0 Å². The lowest BCUT2D eigenvalue weighted by Gasteiger charge is -2.16. The molecule has 3 aromatic rings. The number of aryl methyl sites for hydroxylation is 2. The molecule has 3 N–H and O–H groups in total. The van der Waals surface area contributed by atoms with Gasteiger partial charge < -0.3 is 10.6 Å². The van der Waals surface area contributed by atoms with Crippen LogP contribution in [-0.4, -0.2) is 25.9 Å². The third kappa shape index (κ3) is 3.11. The Balaban J connectivity index is 1.53. The fourth-order valence-electron chi connectivity index (χ4n) is 2.86. The van der Waals surface area contributed by atoms with Crippen LogP contribution in [0.2, 0.25) is 0 Å². The van der Waals surface area contributed by atoms with Gasteiger partial charge in [-0.05, 0) is 38.1 Å². The van der Waals surface area contributed by atoms with Crippen molar-refractivity contribution in [2.24, 2.45) is 0 Å². The molecule has 0 spiro atoms. The average molecular weight is 366 g/mol. The van der Waals surface area contributed by atoms with Gasteiger partial charge in [0.2, 0.25) is 0 Å². The number of rotatable bonds is 2. The van der Waals surface area contributed by atoms with E-state index in [1.807, 2.05) is 32.0 Å². The fourth-order valence-corrected chi connectivity index (χ4v) is 3.69. The number of nitrogen functional groups attached to an aromatic ring is 1. The summed E-state index contributed by atoms with van der Waals surface area (Å²) in [7, 11) is 0. The Kier molecular flexibility index (Phi) is 4.04. The van der Waals surface area contributed by atoms with E-state index in [0.717, 1.165) is 21.8 Å². The highest BCUT2D eigenvalue weighted by molar-refractivity contribution is 7.15. The zero-order valence-corrected chi connectivity index (χ0v) is 15.3. The Bertz CT molecular complexity index is 999. The van der Waals surface area contributed by atoms with Gasteiger partial charge in [0.15, 0.2) is 5.82 Å². The second-order valence-corrected chi connectivity index (χ2v) is 7.51. The largest absolute Gasteiger partial charge is 0.396 e. The molecule has 7 nitrogen and oxygen atoms in total. The SMILES string of the molecule is Cc1ncc2c(n1)CN(C(=O)Nc1nc(-c3ccc(C)s3)ccc1N)C2. The zero-order valence-electron chi connectivity index (χ0n) is 14.5. The van der Waals surface area contributed by atoms with Crippen LogP contribution in [0.3, 0.4) is 0 Å². The van der Waals surface area contributed by atoms with Gasteiger partial charge in [-0.2, -0.15) is 0 Å². The van der Waals surface area contributed by atoms with Crippen molar-refractivity contribution in [1.29, 1.82) is 0 Å². The number of aromatic nitrogens is 3. The molecule has 0 unspecified atom stereocenters. The van der Waals surface area contributed by atoms with E-state index in [9.17, 15) is 4.79 Å². The maximum atomic E-state index is 12.6. The Labute approximate surface area is 154 Å². The van der Waals surface area contributed by atoms with Gasteiger partial charge in [0.05, 0.1) is 35.0 Å². The molecular weight excluding hydrogens is 348 g/mol. The van der Waals surface area contributed by atoms with Gasteiger partial charge in [-0.3, -0.25) is 5.32 Å². The number of hydrogen-bond donors (Lipinski definition) is 2. The number of nitrogens with one attached hydrogen (secondary N) is 1. The second-order valence-electron chi connectivity index (χ2n) is 6.22. The summed E-state index contributed by atoms with van der Waals surface area (Å²) < 4.78 is 0. The van der Waals surface area contributed by atoms with E-state index in [-0.39, 0.29) is 6.03 Å². The minimum Gasteiger partial charge on any atom is -0.396 e. The van der Waals surface area contributed by atoms with Crippen LogP contribution >= 0.6 is 11.3 Å². The molecule has 0 aromatic carbocycles. The van der Waals surface area contributed by atoms with Crippen molar-refractivity contribution in [3.05, 3.63) is 52.4 Å². The van der Waals surface area contributed by atoms with Gasteiger partial charge in [0.25, 0.3) is 0 Å². The van der Waals surface area contributed by atoms with Crippen molar-refractivity contribution in [3.63, 3.8) is 0 Å². The van der Waals surface area contributed by atoms with Crippen molar-refractivity contribution in [3.8, 4) is 10.6 Å². The molecule has 1 aliphatic rings. The number of amides is 2. The molecule has 0 aliphatic carbocycles. The summed E-state index contributed by atoms with van der Waals surface area (Å²) in [5.74, 6) is 1.08. The lowest BCUT2D eigenvalue weighted by molar-refractivity contribution is 0.212. The number of urea groups is 1. The number of fused-ring (bicyclic) bond motifs is 1. The van der Waals surface area contributed by atoms with Crippen LogP contribution in [0.4, 0.5) is 16.3 Å². The first kappa shape index (κ1) is 16.5. The maximum Gasteiger partial charge on any atom is 0.323 e. The third-order valence-electron chi connectivity index (χ3n) is 4.21. The summed E-state index contributed by atoms with van der Waals surface area (Å²) in [4.78, 5) is 29.7. The lowest BCUT2D eigenvalue weighted by Crippen LogP contribution is -2.31. The van der Waals surface area contributed by atoms with E-state index < -0.39 is 0 Å². The topological polar surface area (TPSA) is 97.0 Å². The highest BCUT2D eigenvalue weighted by Gasteiger charge is 2.25. The van der Waals surface area contributed by atoms with Crippen LogP contribution in [0.15, 0.2) is 30.5 Å². The van der Waals surface area contributed by atoms with Crippen molar-refractivity contribution in [1.82, 2.24) is 19.9 Å². The van der Waals surface area contributed by atoms with E-state index in [4.69, 9.17) is 5.73 Å². The van der Waals surface area contributed by atoms with Crippen molar-refractivity contribution in [2.75, 3.05) is 11.1 Å². The van der Waals surface area contributed by atoms with Gasteiger partial charge in [-0.1, -0.05) is 0 Å². The minimum absolute atomic E-state index is 0.251. The van der Waals surface area contributed by atoms with Gasteiger partial charge in [-0.15, -0.1) is 11.3 Å². The van der Waals surface area contributed by atoms with Gasteiger partial charge in [-0.25, -0.2) is 19.7 Å². The Morgan fingerprint density at radius 1 is 1.19 bits per heavy atom. The molecule has 4 rings (SSSR count). The molecule has 4 heterocycles. The summed E-state index contributed by atoms with van der Waals surface area (Å²) in [6, 6.07) is 7.43. The van der Waals surface area contributed by atoms with Crippen LogP contribution < -0.4 is 11.1 Å². The number of carbonyl (C=O) groups excluding carboxylic acids is 1. The Hall–Kier alpha value is -3.00. The summed E-state index contributed by atoms with van der Waals surface area (Å²) in [6.07, 6.45) is 1.78. The molecule has 132 valence electrons. The lowest BCUT2D eigenvalue weighted by atomic mass is 10.2. The number of anilines is 2. The molecule has 3 aromatic heterocycles. The molecule has 0 fully saturated rings. The van der Waals surface area contributed by atoms with Crippen LogP contribution in [0.5, 0.6) is 0 Å². The zero-order chi connectivity index (χ0) is 18.3. The Morgan fingerprint density at radius 2 is 2.04 bits per heavy atom. The second kappa shape index (κ2) is 6.38. The average Bonchev–Trinajstić information content (AvgIpc) is 3.22. The minimum atomic E-state index is -0.251. The van der Waals surface area contributed by atoms with E-state index in [1.54, 1.807) is 28.5 Å². The number of carbonyl (C=O) groups is 1. The van der Waals surface area contributed by atoms with Crippen molar-refractivity contribution < 1.29 is 4.79 Å². The molecule has 0 saturated carbocycles. The van der Waals surface area contributed by atoms with E-state index in [2.05, 4.69) is 20.3 Å². The molecule has 2 amide bonds. The number of thiophene rings is 1. The Morgan fingerprint density at radius 3 is 2.81 bits per heavy atom. The van der Waals surface area contributed by atoms with E-state index in [0.29, 0.717) is 30.4 Å². The van der Waals surface area contributed by atoms with Gasteiger partial charge >= 0.3 is 6.03 Å². The third-order valence-corrected chi connectivity index (χ3v) is 5.23. The highest BCUT2D eigenvalue weighted by atomic mass is 32.1. The quantitative estimate of drug-likeness (QED) is 0.725. The summed E-state index contributed by atoms with van der Waals surface area (Å²) in [5.41, 5.74) is 9.09. The van der Waals surface area contributed by atoms with Crippen LogP contribution in [0.25, 0.3) is 10.6 Å². The molecule has 0 saturated heterocycles. The number of pyridine rings is 1. The molecular formula is C18H18N6OS. The number of hydrogen-bond acceptors (Lipinski definition) is 6. The van der Waals surface area contributed by atoms with Crippen LogP contribution in [-0.2, 0) is 13.1 Å². The molecule has 0 bridgehead atoms. The predicted octanol–water partition coefficient (Wildman–Crippen LogP) is 3.35. The first-order chi connectivity index (χ1) is 12.5. The van der Waals surface area contributed by atoms with Crippen molar-refractivity contribution in [2.45, 2.75) is 26.9 Å². The number of nitrogens with zero attached hydrogens (tertiary/aromatic N) is 4. The van der Waals surface area contributed by atoms with E-state index >= 15 is 0 Å².